The van der Waals surface area contributed by atoms with Crippen LogP contribution in [0.15, 0.2) is 4.52 Å². The summed E-state index contributed by atoms with van der Waals surface area (Å²) < 4.78 is 10.3. The second-order valence-corrected chi connectivity index (χ2v) is 5.61. The van der Waals surface area contributed by atoms with Gasteiger partial charge in [0.2, 0.25) is 5.91 Å². The van der Waals surface area contributed by atoms with Crippen molar-refractivity contribution in [2.24, 2.45) is 5.92 Å². The Morgan fingerprint density at radius 1 is 1.50 bits per heavy atom. The van der Waals surface area contributed by atoms with E-state index in [0.717, 1.165) is 49.6 Å². The van der Waals surface area contributed by atoms with Crippen molar-refractivity contribution in [2.75, 3.05) is 26.8 Å². The number of piperidine rings is 1. The molecule has 2 rings (SSSR count). The zero-order valence-electron chi connectivity index (χ0n) is 12.6. The molecule has 1 aromatic rings. The summed E-state index contributed by atoms with van der Waals surface area (Å²) in [5.41, 5.74) is 1.97. The van der Waals surface area contributed by atoms with Crippen LogP contribution in [0.1, 0.15) is 36.3 Å². The lowest BCUT2D eigenvalue weighted by molar-refractivity contribution is -0.133. The van der Waals surface area contributed by atoms with Crippen LogP contribution in [0.4, 0.5) is 0 Å². The van der Waals surface area contributed by atoms with E-state index in [2.05, 4.69) is 5.16 Å². The Labute approximate surface area is 120 Å². The minimum Gasteiger partial charge on any atom is -0.384 e. The zero-order chi connectivity index (χ0) is 14.5. The molecular formula is C15H24N2O3. The molecule has 1 fully saturated rings. The molecule has 0 N–H and O–H groups in total. The van der Waals surface area contributed by atoms with Gasteiger partial charge in [-0.3, -0.25) is 4.79 Å². The lowest BCUT2D eigenvalue weighted by Crippen LogP contribution is -2.41. The topological polar surface area (TPSA) is 55.6 Å². The van der Waals surface area contributed by atoms with Crippen LogP contribution in [0.5, 0.6) is 0 Å². The number of rotatable bonds is 5. The Bertz CT molecular complexity index is 434. The second kappa shape index (κ2) is 6.88. The summed E-state index contributed by atoms with van der Waals surface area (Å²) >= 11 is 0. The maximum absolute atomic E-state index is 12.3. The van der Waals surface area contributed by atoms with Crippen LogP contribution in [0.2, 0.25) is 0 Å². The fraction of sp³-hybridized carbons (Fsp3) is 0.733. The van der Waals surface area contributed by atoms with Crippen molar-refractivity contribution in [3.05, 3.63) is 17.0 Å². The summed E-state index contributed by atoms with van der Waals surface area (Å²) in [6, 6.07) is 0. The number of methoxy groups -OCH3 is 1. The van der Waals surface area contributed by atoms with Crippen LogP contribution >= 0.6 is 0 Å². The Kier molecular flexibility index (Phi) is 5.17. The molecule has 1 atom stereocenters. The first-order chi connectivity index (χ1) is 9.61. The van der Waals surface area contributed by atoms with Gasteiger partial charge in [-0.05, 0) is 39.0 Å². The van der Waals surface area contributed by atoms with E-state index >= 15 is 0 Å². The highest BCUT2D eigenvalue weighted by atomic mass is 16.5. The molecule has 1 amide bonds. The van der Waals surface area contributed by atoms with Crippen molar-refractivity contribution in [2.45, 2.75) is 39.5 Å². The Balaban J connectivity index is 1.85. The number of carbonyl (C=O) groups excluding carboxylic acids is 1. The number of aryl methyl sites for hydroxylation is 2. The van der Waals surface area contributed by atoms with Crippen molar-refractivity contribution >= 4 is 5.91 Å². The number of hydrogen-bond donors (Lipinski definition) is 0. The average molecular weight is 280 g/mol. The standard InChI is InChI=1S/C15H24N2O3/c1-11-14(12(2)20-16-11)6-7-15(18)17-8-4-5-13(9-17)10-19-3/h13H,4-10H2,1-3H3. The van der Waals surface area contributed by atoms with E-state index in [1.54, 1.807) is 7.11 Å². The van der Waals surface area contributed by atoms with Crippen molar-refractivity contribution < 1.29 is 14.1 Å². The largest absolute Gasteiger partial charge is 0.384 e. The van der Waals surface area contributed by atoms with Crippen molar-refractivity contribution in [1.82, 2.24) is 10.1 Å². The molecule has 1 saturated heterocycles. The van der Waals surface area contributed by atoms with Gasteiger partial charge in [0.25, 0.3) is 0 Å². The molecule has 1 unspecified atom stereocenters. The molecule has 20 heavy (non-hydrogen) atoms. The highest BCUT2D eigenvalue weighted by Crippen LogP contribution is 2.19. The van der Waals surface area contributed by atoms with E-state index < -0.39 is 0 Å². The zero-order valence-corrected chi connectivity index (χ0v) is 12.6. The Hall–Kier alpha value is -1.36. The summed E-state index contributed by atoms with van der Waals surface area (Å²) in [6.45, 7) is 6.27. The third-order valence-electron chi connectivity index (χ3n) is 4.04. The van der Waals surface area contributed by atoms with Gasteiger partial charge in [-0.1, -0.05) is 5.16 Å². The van der Waals surface area contributed by atoms with Gasteiger partial charge in [-0.15, -0.1) is 0 Å². The Morgan fingerprint density at radius 3 is 2.95 bits per heavy atom. The maximum atomic E-state index is 12.3. The van der Waals surface area contributed by atoms with Gasteiger partial charge in [-0.2, -0.15) is 0 Å². The molecule has 5 heteroatoms. The number of likely N-dealkylation sites (tertiary alicyclic amines) is 1. The van der Waals surface area contributed by atoms with Gasteiger partial charge >= 0.3 is 0 Å². The molecule has 5 nitrogen and oxygen atoms in total. The van der Waals surface area contributed by atoms with Crippen LogP contribution in [0, 0.1) is 19.8 Å². The fourth-order valence-electron chi connectivity index (χ4n) is 2.91. The SMILES string of the molecule is COCC1CCCN(C(=O)CCc2c(C)noc2C)C1. The number of nitrogens with zero attached hydrogens (tertiary/aromatic N) is 2. The molecule has 2 heterocycles. The molecule has 0 aliphatic carbocycles. The molecule has 1 aliphatic heterocycles. The predicted molar refractivity (Wildman–Crippen MR) is 75.5 cm³/mol. The minimum absolute atomic E-state index is 0.228. The molecule has 1 aromatic heterocycles. The number of carbonyl (C=O) groups is 1. The van der Waals surface area contributed by atoms with Gasteiger partial charge < -0.3 is 14.2 Å². The van der Waals surface area contributed by atoms with E-state index in [1.165, 1.54) is 0 Å². The Morgan fingerprint density at radius 2 is 2.30 bits per heavy atom. The van der Waals surface area contributed by atoms with Crippen molar-refractivity contribution in [1.29, 1.82) is 0 Å². The molecule has 112 valence electrons. The van der Waals surface area contributed by atoms with Crippen molar-refractivity contribution in [3.8, 4) is 0 Å². The number of ether oxygens (including phenoxy) is 1. The highest BCUT2D eigenvalue weighted by molar-refractivity contribution is 5.76. The van der Waals surface area contributed by atoms with Crippen LogP contribution in [0.25, 0.3) is 0 Å². The summed E-state index contributed by atoms with van der Waals surface area (Å²) in [5.74, 6) is 1.54. The predicted octanol–water partition coefficient (Wildman–Crippen LogP) is 2.11. The first kappa shape index (κ1) is 15.0. The molecular weight excluding hydrogens is 256 g/mol. The van der Waals surface area contributed by atoms with E-state index in [4.69, 9.17) is 9.26 Å². The summed E-state index contributed by atoms with van der Waals surface area (Å²) in [5, 5.41) is 3.93. The molecule has 0 bridgehead atoms. The van der Waals surface area contributed by atoms with Gasteiger partial charge in [-0.25, -0.2) is 0 Å². The van der Waals surface area contributed by atoms with E-state index in [-0.39, 0.29) is 5.91 Å². The van der Waals surface area contributed by atoms with E-state index in [1.807, 2.05) is 18.7 Å². The number of hydrogen-bond acceptors (Lipinski definition) is 4. The summed E-state index contributed by atoms with van der Waals surface area (Å²) in [4.78, 5) is 14.3. The normalized spacial score (nSPS) is 19.4. The van der Waals surface area contributed by atoms with E-state index in [0.29, 0.717) is 18.8 Å². The number of aromatic nitrogens is 1. The summed E-state index contributed by atoms with van der Waals surface area (Å²) in [7, 11) is 1.72. The molecule has 1 aliphatic rings. The summed E-state index contributed by atoms with van der Waals surface area (Å²) in [6.07, 6.45) is 3.47. The van der Waals surface area contributed by atoms with Gasteiger partial charge in [0, 0.05) is 32.2 Å². The van der Waals surface area contributed by atoms with Gasteiger partial charge in [0.05, 0.1) is 12.3 Å². The fourth-order valence-corrected chi connectivity index (χ4v) is 2.91. The lowest BCUT2D eigenvalue weighted by Gasteiger charge is -2.32. The van der Waals surface area contributed by atoms with Crippen LogP contribution in [0.3, 0.4) is 0 Å². The van der Waals surface area contributed by atoms with E-state index in [9.17, 15) is 4.79 Å². The third kappa shape index (κ3) is 3.60. The third-order valence-corrected chi connectivity index (χ3v) is 4.04. The van der Waals surface area contributed by atoms with Crippen LogP contribution in [-0.2, 0) is 16.0 Å². The van der Waals surface area contributed by atoms with Gasteiger partial charge in [0.1, 0.15) is 5.76 Å². The highest BCUT2D eigenvalue weighted by Gasteiger charge is 2.23. The minimum atomic E-state index is 0.228. The lowest BCUT2D eigenvalue weighted by atomic mass is 9.98. The quantitative estimate of drug-likeness (QED) is 0.829. The molecule has 0 aromatic carbocycles. The first-order valence-electron chi connectivity index (χ1n) is 7.30. The van der Waals surface area contributed by atoms with Crippen LogP contribution in [-0.4, -0.2) is 42.8 Å². The van der Waals surface area contributed by atoms with Crippen LogP contribution < -0.4 is 0 Å². The smallest absolute Gasteiger partial charge is 0.222 e. The first-order valence-corrected chi connectivity index (χ1v) is 7.30. The second-order valence-electron chi connectivity index (χ2n) is 5.61. The molecule has 0 radical (unpaired) electrons. The van der Waals surface area contributed by atoms with Gasteiger partial charge in [0.15, 0.2) is 0 Å². The molecule has 0 saturated carbocycles. The monoisotopic (exact) mass is 280 g/mol. The maximum Gasteiger partial charge on any atom is 0.222 e. The average Bonchev–Trinajstić information content (AvgIpc) is 2.76. The molecule has 0 spiro atoms. The van der Waals surface area contributed by atoms with Crippen molar-refractivity contribution in [3.63, 3.8) is 0 Å². The number of amides is 1.